The summed E-state index contributed by atoms with van der Waals surface area (Å²) in [7, 11) is 0. The van der Waals surface area contributed by atoms with Gasteiger partial charge in [0.25, 0.3) is 0 Å². The highest BCUT2D eigenvalue weighted by Gasteiger charge is 2.35. The van der Waals surface area contributed by atoms with Gasteiger partial charge in [-0.25, -0.2) is 4.79 Å². The van der Waals surface area contributed by atoms with E-state index in [1.807, 2.05) is 45.0 Å². The number of alkyl carbamates (subject to hydrolysis) is 1. The Labute approximate surface area is 207 Å². The van der Waals surface area contributed by atoms with Crippen LogP contribution in [0.15, 0.2) is 48.5 Å². The normalized spacial score (nSPS) is 14.4. The number of benzene rings is 2. The Morgan fingerprint density at radius 1 is 0.943 bits per heavy atom. The minimum absolute atomic E-state index is 0.0529. The van der Waals surface area contributed by atoms with Gasteiger partial charge in [0.1, 0.15) is 12.1 Å². The smallest absolute Gasteiger partial charge is 0.408 e. The maximum atomic E-state index is 12.9. The van der Waals surface area contributed by atoms with Crippen molar-refractivity contribution in [1.29, 1.82) is 0 Å². The Bertz CT molecular complexity index is 1040. The minimum Gasteiger partial charge on any atom is -0.481 e. The monoisotopic (exact) mass is 480 g/mol. The largest absolute Gasteiger partial charge is 0.481 e. The zero-order valence-electron chi connectivity index (χ0n) is 21.0. The molecule has 2 aromatic rings. The average Bonchev–Trinajstić information content (AvgIpc) is 3.15. The third-order valence-corrected chi connectivity index (χ3v) is 7.03. The Morgan fingerprint density at radius 3 is 2.06 bits per heavy atom. The van der Waals surface area contributed by atoms with Crippen molar-refractivity contribution in [1.82, 2.24) is 10.6 Å². The summed E-state index contributed by atoms with van der Waals surface area (Å²) in [5.41, 5.74) is 3.23. The van der Waals surface area contributed by atoms with Crippen LogP contribution < -0.4 is 10.6 Å². The first-order valence-electron chi connectivity index (χ1n) is 12.2. The molecule has 188 valence electrons. The fourth-order valence-corrected chi connectivity index (χ4v) is 4.45. The van der Waals surface area contributed by atoms with Gasteiger partial charge in [0.2, 0.25) is 5.91 Å². The molecule has 2 aromatic carbocycles. The van der Waals surface area contributed by atoms with Gasteiger partial charge in [-0.3, -0.25) is 9.59 Å². The summed E-state index contributed by atoms with van der Waals surface area (Å²) >= 11 is 0. The number of nitrogens with one attached hydrogen (secondary N) is 2. The van der Waals surface area contributed by atoms with E-state index >= 15 is 0 Å². The second-order valence-corrected chi connectivity index (χ2v) is 10.2. The number of hydrogen-bond acceptors (Lipinski definition) is 4. The summed E-state index contributed by atoms with van der Waals surface area (Å²) in [5, 5.41) is 14.5. The quantitative estimate of drug-likeness (QED) is 0.415. The number of hydrogen-bond donors (Lipinski definition) is 3. The molecule has 0 saturated heterocycles. The number of ether oxygens (including phenoxy) is 1. The van der Waals surface area contributed by atoms with Crippen LogP contribution in [0.4, 0.5) is 4.79 Å². The van der Waals surface area contributed by atoms with Gasteiger partial charge in [0.05, 0.1) is 0 Å². The molecule has 3 rings (SSSR count). The van der Waals surface area contributed by atoms with Crippen molar-refractivity contribution in [3.63, 3.8) is 0 Å². The lowest BCUT2D eigenvalue weighted by Crippen LogP contribution is -2.57. The molecule has 35 heavy (non-hydrogen) atoms. The molecule has 0 heterocycles. The SMILES string of the molecule is CCC(C)(NC(=O)OCC1c2ccccc2-c2ccccc21)C(=O)NCCC(C)(C)CCC(=O)O. The zero-order valence-corrected chi connectivity index (χ0v) is 21.0. The number of carboxylic acids is 1. The molecular formula is C28H36N2O5. The van der Waals surface area contributed by atoms with Crippen LogP contribution in [-0.2, 0) is 14.3 Å². The standard InChI is InChI=1S/C28H36N2O5/c1-5-28(4,25(33)29-17-16-27(2,3)15-14-24(31)32)30-26(34)35-18-23-21-12-8-6-10-19(21)20-11-7-9-13-22(20)23/h6-13,23H,5,14-18H2,1-4H3,(H,29,33)(H,30,34)(H,31,32). The molecule has 0 aromatic heterocycles. The number of rotatable bonds is 11. The number of fused-ring (bicyclic) bond motifs is 3. The van der Waals surface area contributed by atoms with Crippen LogP contribution in [0.2, 0.25) is 0 Å². The highest BCUT2D eigenvalue weighted by atomic mass is 16.5. The molecule has 0 bridgehead atoms. The van der Waals surface area contributed by atoms with E-state index in [4.69, 9.17) is 9.84 Å². The molecular weight excluding hydrogens is 444 g/mol. The van der Waals surface area contributed by atoms with E-state index in [9.17, 15) is 14.4 Å². The van der Waals surface area contributed by atoms with E-state index in [1.165, 1.54) is 0 Å². The highest BCUT2D eigenvalue weighted by Crippen LogP contribution is 2.44. The van der Waals surface area contributed by atoms with Crippen LogP contribution in [0.3, 0.4) is 0 Å². The van der Waals surface area contributed by atoms with Crippen molar-refractivity contribution < 1.29 is 24.2 Å². The Kier molecular flexibility index (Phi) is 8.20. The lowest BCUT2D eigenvalue weighted by Gasteiger charge is -2.29. The summed E-state index contributed by atoms with van der Waals surface area (Å²) in [6.45, 7) is 8.05. The Morgan fingerprint density at radius 2 is 1.51 bits per heavy atom. The van der Waals surface area contributed by atoms with Crippen LogP contribution in [0.25, 0.3) is 11.1 Å². The van der Waals surface area contributed by atoms with E-state index in [1.54, 1.807) is 6.92 Å². The Balaban J connectivity index is 1.55. The van der Waals surface area contributed by atoms with Gasteiger partial charge in [-0.05, 0) is 53.9 Å². The molecule has 1 unspecified atom stereocenters. The van der Waals surface area contributed by atoms with Crippen molar-refractivity contribution in [2.75, 3.05) is 13.2 Å². The topological polar surface area (TPSA) is 105 Å². The molecule has 0 saturated carbocycles. The number of carboxylic acid groups (broad SMARTS) is 1. The van der Waals surface area contributed by atoms with E-state index in [2.05, 4.69) is 34.9 Å². The van der Waals surface area contributed by atoms with Gasteiger partial charge in [-0.2, -0.15) is 0 Å². The summed E-state index contributed by atoms with van der Waals surface area (Å²) < 4.78 is 5.61. The second kappa shape index (κ2) is 10.9. The summed E-state index contributed by atoms with van der Waals surface area (Å²) in [6.07, 6.45) is 1.02. The maximum absolute atomic E-state index is 12.9. The van der Waals surface area contributed by atoms with Crippen molar-refractivity contribution in [2.24, 2.45) is 5.41 Å². The highest BCUT2D eigenvalue weighted by molar-refractivity contribution is 5.89. The summed E-state index contributed by atoms with van der Waals surface area (Å²) in [4.78, 5) is 36.4. The molecule has 3 N–H and O–H groups in total. The number of amides is 2. The predicted molar refractivity (Wildman–Crippen MR) is 135 cm³/mol. The maximum Gasteiger partial charge on any atom is 0.408 e. The van der Waals surface area contributed by atoms with Crippen molar-refractivity contribution in [3.8, 4) is 11.1 Å². The molecule has 7 heteroatoms. The molecule has 0 aliphatic heterocycles. The zero-order chi connectivity index (χ0) is 25.6. The first kappa shape index (κ1) is 26.3. The molecule has 2 amide bonds. The van der Waals surface area contributed by atoms with Crippen LogP contribution in [0.5, 0.6) is 0 Å². The minimum atomic E-state index is -1.12. The fourth-order valence-electron chi connectivity index (χ4n) is 4.45. The van der Waals surface area contributed by atoms with Crippen molar-refractivity contribution >= 4 is 18.0 Å². The van der Waals surface area contributed by atoms with Crippen LogP contribution >= 0.6 is 0 Å². The summed E-state index contributed by atoms with van der Waals surface area (Å²) in [5.74, 6) is -1.17. The number of carbonyl (C=O) groups excluding carboxylic acids is 2. The van der Waals surface area contributed by atoms with Crippen LogP contribution in [0.1, 0.15) is 70.4 Å². The Hall–Kier alpha value is -3.35. The molecule has 1 aliphatic carbocycles. The lowest BCUT2D eigenvalue weighted by molar-refractivity contribution is -0.137. The predicted octanol–water partition coefficient (Wildman–Crippen LogP) is 5.09. The van der Waals surface area contributed by atoms with Gasteiger partial charge < -0.3 is 20.5 Å². The molecule has 7 nitrogen and oxygen atoms in total. The van der Waals surface area contributed by atoms with Crippen molar-refractivity contribution in [3.05, 3.63) is 59.7 Å². The molecule has 0 fully saturated rings. The first-order valence-corrected chi connectivity index (χ1v) is 12.2. The molecule has 0 spiro atoms. The summed E-state index contributed by atoms with van der Waals surface area (Å²) in [6, 6.07) is 16.3. The fraction of sp³-hybridized carbons (Fsp3) is 0.464. The molecule has 1 aliphatic rings. The van der Waals surface area contributed by atoms with E-state index < -0.39 is 17.6 Å². The average molecular weight is 481 g/mol. The van der Waals surface area contributed by atoms with E-state index in [0.717, 1.165) is 22.3 Å². The van der Waals surface area contributed by atoms with Gasteiger partial charge in [-0.15, -0.1) is 0 Å². The van der Waals surface area contributed by atoms with Crippen LogP contribution in [-0.4, -0.2) is 41.8 Å². The molecule has 0 radical (unpaired) electrons. The van der Waals surface area contributed by atoms with Gasteiger partial charge in [0.15, 0.2) is 0 Å². The molecule has 1 atom stereocenters. The van der Waals surface area contributed by atoms with Gasteiger partial charge >= 0.3 is 12.1 Å². The van der Waals surface area contributed by atoms with Gasteiger partial charge in [-0.1, -0.05) is 69.3 Å². The second-order valence-electron chi connectivity index (χ2n) is 10.2. The first-order chi connectivity index (χ1) is 16.6. The number of aliphatic carboxylic acids is 1. The van der Waals surface area contributed by atoms with E-state index in [-0.39, 0.29) is 30.3 Å². The van der Waals surface area contributed by atoms with Gasteiger partial charge in [0, 0.05) is 18.9 Å². The number of carbonyl (C=O) groups is 3. The lowest BCUT2D eigenvalue weighted by atomic mass is 9.84. The third kappa shape index (κ3) is 6.41. The van der Waals surface area contributed by atoms with Crippen molar-refractivity contribution in [2.45, 2.75) is 64.8 Å². The van der Waals surface area contributed by atoms with Crippen LogP contribution in [0, 0.1) is 5.41 Å². The van der Waals surface area contributed by atoms with E-state index in [0.29, 0.717) is 25.8 Å². The third-order valence-electron chi connectivity index (χ3n) is 7.03.